The third kappa shape index (κ3) is 7.37. The van der Waals surface area contributed by atoms with Gasteiger partial charge in [-0.2, -0.15) is 36.8 Å². The number of benzene rings is 2. The Morgan fingerprint density at radius 2 is 1.63 bits per heavy atom. The molecule has 1 heterocycles. The monoisotopic (exact) mass is 569 g/mol. The quantitative estimate of drug-likeness (QED) is 0.296. The molecule has 144 valence electrons. The van der Waals surface area contributed by atoms with Crippen LogP contribution in [0.1, 0.15) is 22.3 Å². The number of rotatable bonds is 1. The van der Waals surface area contributed by atoms with Crippen molar-refractivity contribution in [1.82, 2.24) is 4.98 Å². The second-order valence-electron chi connectivity index (χ2n) is 5.57. The van der Waals surface area contributed by atoms with Gasteiger partial charge in [-0.05, 0) is 17.3 Å². The molecule has 0 bridgehead atoms. The molecule has 0 aliphatic carbocycles. The number of aromatic nitrogens is 1. The van der Waals surface area contributed by atoms with Crippen LogP contribution in [0.4, 0.5) is 13.2 Å². The molecule has 0 atom stereocenters. The fraction of sp³-hybridized carbons (Fsp3) is 0.143. The molecule has 27 heavy (non-hydrogen) atoms. The van der Waals surface area contributed by atoms with Crippen molar-refractivity contribution in [3.05, 3.63) is 96.0 Å². The number of hydrogen-bond donors (Lipinski definition) is 0. The molecule has 0 aliphatic rings. The minimum absolute atomic E-state index is 0.343. The summed E-state index contributed by atoms with van der Waals surface area (Å²) in [6.45, 7) is 8.08. The van der Waals surface area contributed by atoms with E-state index in [1.807, 2.05) is 0 Å². The number of alkyl halides is 3. The summed E-state index contributed by atoms with van der Waals surface area (Å²) in [5, 5.41) is 0. The van der Waals surface area contributed by atoms with Crippen LogP contribution in [0.15, 0.2) is 60.8 Å². The molecule has 1 aromatic heterocycles. The first kappa shape index (κ1) is 23.2. The van der Waals surface area contributed by atoms with Crippen molar-refractivity contribution in [2.75, 3.05) is 0 Å². The van der Waals surface area contributed by atoms with E-state index in [4.69, 9.17) is 0 Å². The van der Waals surface area contributed by atoms with Crippen LogP contribution in [0.3, 0.4) is 0 Å². The van der Waals surface area contributed by atoms with E-state index in [0.717, 1.165) is 17.7 Å². The van der Waals surface area contributed by atoms with Gasteiger partial charge in [0.05, 0.1) is 0 Å². The van der Waals surface area contributed by atoms with E-state index < -0.39 is 11.7 Å². The van der Waals surface area contributed by atoms with Gasteiger partial charge in [0.2, 0.25) is 0 Å². The molecule has 2 aromatic carbocycles. The molecule has 0 amide bonds. The fourth-order valence-electron chi connectivity index (χ4n) is 2.16. The van der Waals surface area contributed by atoms with E-state index in [1.54, 1.807) is 18.2 Å². The normalized spacial score (nSPS) is 10.2. The predicted octanol–water partition coefficient (Wildman–Crippen LogP) is 6.74. The van der Waals surface area contributed by atoms with E-state index in [1.165, 1.54) is 41.3 Å². The van der Waals surface area contributed by atoms with Crippen molar-refractivity contribution >= 4 is 9.58 Å². The first-order chi connectivity index (χ1) is 12.8. The van der Waals surface area contributed by atoms with E-state index in [0.29, 0.717) is 11.3 Å². The van der Waals surface area contributed by atoms with Gasteiger partial charge in [-0.3, -0.25) is 0 Å². The molecule has 0 spiro atoms. The van der Waals surface area contributed by atoms with Crippen LogP contribution < -0.4 is 0 Å². The average molecular weight is 569 g/mol. The molecule has 0 unspecified atom stereocenters. The number of hydrogen-bond acceptors (Lipinski definition) is 1. The molecule has 6 heteroatoms. The SMILES string of the molecule is FC(F)(F)c1cc[c-]c(-c2ccccn2)c1.[CH2-]c1c(C)cccc1C.[Cl][Ir+2]. The van der Waals surface area contributed by atoms with E-state index in [-0.39, 0.29) is 0 Å². The summed E-state index contributed by atoms with van der Waals surface area (Å²) < 4.78 is 37.3. The maximum atomic E-state index is 12.4. The van der Waals surface area contributed by atoms with Crippen molar-refractivity contribution < 1.29 is 31.1 Å². The number of aryl methyl sites for hydroxylation is 2. The summed E-state index contributed by atoms with van der Waals surface area (Å²) in [6.07, 6.45) is -2.80. The second kappa shape index (κ2) is 11.1. The first-order valence-corrected chi connectivity index (χ1v) is 10.8. The number of pyridine rings is 1. The Morgan fingerprint density at radius 1 is 1.00 bits per heavy atom. The molecule has 0 saturated heterocycles. The topological polar surface area (TPSA) is 12.9 Å². The zero-order valence-corrected chi connectivity index (χ0v) is 17.9. The van der Waals surface area contributed by atoms with Gasteiger partial charge >= 0.3 is 33.6 Å². The van der Waals surface area contributed by atoms with Gasteiger partial charge in [0.1, 0.15) is 0 Å². The van der Waals surface area contributed by atoms with Crippen LogP contribution in [0.5, 0.6) is 0 Å². The van der Waals surface area contributed by atoms with Gasteiger partial charge in [0.15, 0.2) is 0 Å². The Kier molecular flexibility index (Phi) is 9.57. The minimum atomic E-state index is -4.33. The molecule has 1 nitrogen and oxygen atoms in total. The summed E-state index contributed by atoms with van der Waals surface area (Å²) >= 11 is 1.47. The van der Waals surface area contributed by atoms with Crippen LogP contribution in [-0.2, 0) is 24.1 Å². The van der Waals surface area contributed by atoms with Crippen molar-refractivity contribution in [1.29, 1.82) is 0 Å². The molecule has 0 saturated carbocycles. The molecular formula is C21H18ClF3IrN. The van der Waals surface area contributed by atoms with E-state index in [2.05, 4.69) is 59.6 Å². The maximum absolute atomic E-state index is 12.4. The Morgan fingerprint density at radius 3 is 2.11 bits per heavy atom. The van der Waals surface area contributed by atoms with Crippen LogP contribution in [-0.4, -0.2) is 4.98 Å². The molecule has 3 rings (SSSR count). The average Bonchev–Trinajstić information content (AvgIpc) is 2.68. The van der Waals surface area contributed by atoms with E-state index in [9.17, 15) is 13.2 Å². The Bertz CT molecular complexity index is 816. The van der Waals surface area contributed by atoms with Crippen LogP contribution in [0.2, 0.25) is 0 Å². The summed E-state index contributed by atoms with van der Waals surface area (Å²) in [5.41, 5.74) is 3.85. The Labute approximate surface area is 172 Å². The van der Waals surface area contributed by atoms with Crippen LogP contribution >= 0.6 is 9.58 Å². The first-order valence-electron chi connectivity index (χ1n) is 7.80. The van der Waals surface area contributed by atoms with Gasteiger partial charge in [-0.25, -0.2) is 0 Å². The predicted molar refractivity (Wildman–Crippen MR) is 99.7 cm³/mol. The van der Waals surface area contributed by atoms with Crippen molar-refractivity contribution in [2.45, 2.75) is 20.0 Å². The Balaban J connectivity index is 0.000000282. The van der Waals surface area contributed by atoms with E-state index >= 15 is 0 Å². The Hall–Kier alpha value is -1.81. The summed E-state index contributed by atoms with van der Waals surface area (Å²) in [6, 6.07) is 17.3. The molecular weight excluding hydrogens is 551 g/mol. The summed E-state index contributed by atoms with van der Waals surface area (Å²) in [5.74, 6) is 0. The zero-order chi connectivity index (χ0) is 20.4. The molecule has 0 N–H and O–H groups in total. The summed E-state index contributed by atoms with van der Waals surface area (Å²) in [4.78, 5) is 3.97. The third-order valence-corrected chi connectivity index (χ3v) is 3.71. The molecule has 0 aliphatic heterocycles. The summed E-state index contributed by atoms with van der Waals surface area (Å²) in [7, 11) is 4.64. The zero-order valence-electron chi connectivity index (χ0n) is 14.8. The van der Waals surface area contributed by atoms with Crippen LogP contribution in [0.25, 0.3) is 11.3 Å². The fourth-order valence-corrected chi connectivity index (χ4v) is 2.16. The molecule has 3 aromatic rings. The number of halogens is 4. The van der Waals surface area contributed by atoms with Gasteiger partial charge in [0, 0.05) is 6.20 Å². The van der Waals surface area contributed by atoms with Gasteiger partial charge < -0.3 is 4.98 Å². The van der Waals surface area contributed by atoms with Crippen molar-refractivity contribution in [3.8, 4) is 11.3 Å². The van der Waals surface area contributed by atoms with Gasteiger partial charge in [0.25, 0.3) is 0 Å². The molecule has 0 radical (unpaired) electrons. The van der Waals surface area contributed by atoms with Gasteiger partial charge in [-0.15, -0.1) is 42.0 Å². The van der Waals surface area contributed by atoms with Gasteiger partial charge in [-0.1, -0.05) is 32.0 Å². The standard InChI is InChI=1S/C12H7F3N.C9H11.ClH.Ir/c13-12(14,15)10-5-3-4-9(8-10)11-6-1-2-7-16-11;1-7-5-4-6-8(2)9(7)3;;/h1-3,5-8H;4-6H,3H2,1-2H3;1H;/q2*-1;;+3/p-1. The van der Waals surface area contributed by atoms with Crippen LogP contribution in [0, 0.1) is 26.8 Å². The molecule has 0 fully saturated rings. The second-order valence-corrected chi connectivity index (χ2v) is 5.57. The van der Waals surface area contributed by atoms with Crippen molar-refractivity contribution in [3.63, 3.8) is 0 Å². The number of nitrogens with zero attached hydrogens (tertiary/aromatic N) is 1. The third-order valence-electron chi connectivity index (χ3n) is 3.71. The van der Waals surface area contributed by atoms with Crippen molar-refractivity contribution in [2.24, 2.45) is 0 Å².